The lowest BCUT2D eigenvalue weighted by Gasteiger charge is -2.18. The molecule has 4 rings (SSSR count). The maximum Gasteiger partial charge on any atom is 0.240 e. The van der Waals surface area contributed by atoms with Gasteiger partial charge in [-0.15, -0.1) is 0 Å². The number of pyridine rings is 1. The van der Waals surface area contributed by atoms with Gasteiger partial charge in [0.2, 0.25) is 5.91 Å². The Bertz CT molecular complexity index is 1200. The second kappa shape index (κ2) is 8.10. The van der Waals surface area contributed by atoms with Gasteiger partial charge in [0.05, 0.1) is 11.0 Å². The van der Waals surface area contributed by atoms with E-state index in [2.05, 4.69) is 5.32 Å². The Labute approximate surface area is 173 Å². The largest absolute Gasteiger partial charge is 0.352 e. The summed E-state index contributed by atoms with van der Waals surface area (Å²) in [5.74, 6) is -0.108. The Kier molecular flexibility index (Phi) is 5.36. The smallest absolute Gasteiger partial charge is 0.240 e. The number of hydrogen-bond acceptors (Lipinski definition) is 2. The fourth-order valence-corrected chi connectivity index (χ4v) is 3.97. The normalized spacial score (nSPS) is 12.2. The number of nitrogens with one attached hydrogen (secondary N) is 1. The van der Waals surface area contributed by atoms with Crippen molar-refractivity contribution in [3.05, 3.63) is 93.6 Å². The zero-order chi connectivity index (χ0) is 20.4. The van der Waals surface area contributed by atoms with Crippen LogP contribution in [0.2, 0.25) is 5.02 Å². The quantitative estimate of drug-likeness (QED) is 0.496. The summed E-state index contributed by atoms with van der Waals surface area (Å²) in [6.07, 6.45) is 0.650. The van der Waals surface area contributed by atoms with Crippen LogP contribution in [0.5, 0.6) is 0 Å². The molecule has 0 saturated carbocycles. The zero-order valence-corrected chi connectivity index (χ0v) is 16.8. The van der Waals surface area contributed by atoms with Crippen LogP contribution in [0, 0.1) is 0 Å². The summed E-state index contributed by atoms with van der Waals surface area (Å²) in [6.45, 7) is 2.09. The van der Waals surface area contributed by atoms with Gasteiger partial charge in [0.15, 0.2) is 5.43 Å². The summed E-state index contributed by atoms with van der Waals surface area (Å²) in [5.41, 5.74) is 2.50. The number of amides is 1. The molecule has 0 fully saturated rings. The fraction of sp³-hybridized carbons (Fsp3) is 0.167. The second-order valence-corrected chi connectivity index (χ2v) is 7.62. The van der Waals surface area contributed by atoms with Crippen LogP contribution in [0.3, 0.4) is 0 Å². The topological polar surface area (TPSA) is 51.1 Å². The van der Waals surface area contributed by atoms with Gasteiger partial charge in [0.1, 0.15) is 6.54 Å². The van der Waals surface area contributed by atoms with E-state index in [4.69, 9.17) is 11.6 Å². The Morgan fingerprint density at radius 1 is 0.931 bits per heavy atom. The first-order chi connectivity index (χ1) is 14.0. The molecule has 4 aromatic rings. The predicted molar refractivity (Wildman–Crippen MR) is 118 cm³/mol. The van der Waals surface area contributed by atoms with E-state index in [1.165, 1.54) is 0 Å². The van der Waals surface area contributed by atoms with Crippen LogP contribution in [0.15, 0.2) is 77.6 Å². The molecule has 5 heteroatoms. The van der Waals surface area contributed by atoms with Crippen molar-refractivity contribution in [2.75, 3.05) is 0 Å². The summed E-state index contributed by atoms with van der Waals surface area (Å²) in [7, 11) is 0. The lowest BCUT2D eigenvalue weighted by atomic mass is 10.1. The molecule has 1 N–H and O–H groups in total. The molecule has 0 radical (unpaired) electrons. The van der Waals surface area contributed by atoms with Crippen LogP contribution in [-0.4, -0.2) is 16.5 Å². The average Bonchev–Trinajstić information content (AvgIpc) is 2.73. The van der Waals surface area contributed by atoms with Crippen LogP contribution in [0.25, 0.3) is 21.8 Å². The number of carbonyl (C=O) groups is 1. The van der Waals surface area contributed by atoms with Gasteiger partial charge in [-0.3, -0.25) is 9.59 Å². The molecule has 0 aliphatic heterocycles. The maximum atomic E-state index is 12.8. The first kappa shape index (κ1) is 19.2. The molecular weight excluding hydrogens is 384 g/mol. The number of benzene rings is 3. The highest BCUT2D eigenvalue weighted by atomic mass is 35.5. The van der Waals surface area contributed by atoms with Gasteiger partial charge in [-0.1, -0.05) is 54.1 Å². The van der Waals surface area contributed by atoms with E-state index in [0.717, 1.165) is 16.6 Å². The van der Waals surface area contributed by atoms with Gasteiger partial charge in [0, 0.05) is 21.8 Å². The van der Waals surface area contributed by atoms with Crippen LogP contribution in [0.1, 0.15) is 12.5 Å². The van der Waals surface area contributed by atoms with E-state index in [0.29, 0.717) is 22.2 Å². The number of halogens is 1. The average molecular weight is 405 g/mol. The molecule has 29 heavy (non-hydrogen) atoms. The van der Waals surface area contributed by atoms with Crippen LogP contribution < -0.4 is 10.7 Å². The van der Waals surface area contributed by atoms with Gasteiger partial charge >= 0.3 is 0 Å². The van der Waals surface area contributed by atoms with Crippen molar-refractivity contribution in [3.63, 3.8) is 0 Å². The number of fused-ring (bicyclic) bond motifs is 2. The van der Waals surface area contributed by atoms with Gasteiger partial charge < -0.3 is 9.88 Å². The third-order valence-electron chi connectivity index (χ3n) is 5.07. The van der Waals surface area contributed by atoms with Crippen molar-refractivity contribution in [2.45, 2.75) is 25.9 Å². The Balaban J connectivity index is 1.63. The maximum absolute atomic E-state index is 12.8. The second-order valence-electron chi connectivity index (χ2n) is 7.21. The number of rotatable bonds is 5. The molecular formula is C24H21ClN2O2. The minimum absolute atomic E-state index is 0.0139. The van der Waals surface area contributed by atoms with E-state index in [-0.39, 0.29) is 23.9 Å². The zero-order valence-electron chi connectivity index (χ0n) is 16.1. The molecule has 0 bridgehead atoms. The van der Waals surface area contributed by atoms with Crippen LogP contribution >= 0.6 is 11.6 Å². The van der Waals surface area contributed by atoms with Crippen molar-refractivity contribution in [1.82, 2.24) is 9.88 Å². The summed E-state index contributed by atoms with van der Waals surface area (Å²) >= 11 is 6.23. The van der Waals surface area contributed by atoms with Crippen molar-refractivity contribution in [2.24, 2.45) is 0 Å². The Morgan fingerprint density at radius 2 is 1.48 bits per heavy atom. The summed E-state index contributed by atoms with van der Waals surface area (Å²) in [4.78, 5) is 25.6. The molecule has 4 nitrogen and oxygen atoms in total. The molecule has 1 heterocycles. The van der Waals surface area contributed by atoms with Gasteiger partial charge in [-0.2, -0.15) is 0 Å². The Morgan fingerprint density at radius 3 is 2.10 bits per heavy atom. The number of carbonyl (C=O) groups excluding carboxylic acids is 1. The van der Waals surface area contributed by atoms with E-state index >= 15 is 0 Å². The van der Waals surface area contributed by atoms with E-state index < -0.39 is 0 Å². The van der Waals surface area contributed by atoms with Gasteiger partial charge in [0.25, 0.3) is 0 Å². The molecule has 1 aromatic heterocycles. The molecule has 1 unspecified atom stereocenters. The molecule has 0 aliphatic carbocycles. The molecule has 0 spiro atoms. The standard InChI is InChI=1S/C24H21ClN2O2/c1-16(14-17-8-2-5-11-20(17)25)26-23(28)15-27-21-12-6-3-9-18(21)24(29)19-10-4-7-13-22(19)27/h2-13,16H,14-15H2,1H3,(H,26,28). The van der Waals surface area contributed by atoms with Crippen molar-refractivity contribution in [1.29, 1.82) is 0 Å². The predicted octanol–water partition coefficient (Wildman–Crippen LogP) is 4.56. The van der Waals surface area contributed by atoms with Gasteiger partial charge in [-0.05, 0) is 49.2 Å². The van der Waals surface area contributed by atoms with Crippen LogP contribution in [0.4, 0.5) is 0 Å². The van der Waals surface area contributed by atoms with Crippen LogP contribution in [-0.2, 0) is 17.8 Å². The van der Waals surface area contributed by atoms with E-state index in [1.54, 1.807) is 12.1 Å². The summed E-state index contributed by atoms with van der Waals surface area (Å²) < 4.78 is 1.91. The lowest BCUT2D eigenvalue weighted by Crippen LogP contribution is -2.36. The van der Waals surface area contributed by atoms with E-state index in [9.17, 15) is 9.59 Å². The van der Waals surface area contributed by atoms with Crippen molar-refractivity contribution in [3.8, 4) is 0 Å². The fourth-order valence-electron chi connectivity index (χ4n) is 3.76. The highest BCUT2D eigenvalue weighted by molar-refractivity contribution is 6.31. The molecule has 1 atom stereocenters. The third kappa shape index (κ3) is 3.89. The highest BCUT2D eigenvalue weighted by Crippen LogP contribution is 2.19. The first-order valence-electron chi connectivity index (χ1n) is 9.57. The number of aromatic nitrogens is 1. The molecule has 0 aliphatic rings. The summed E-state index contributed by atoms with van der Waals surface area (Å²) in [6, 6.07) is 22.4. The van der Waals surface area contributed by atoms with Gasteiger partial charge in [-0.25, -0.2) is 0 Å². The van der Waals surface area contributed by atoms with Crippen molar-refractivity contribution >= 4 is 39.3 Å². The molecule has 3 aromatic carbocycles. The van der Waals surface area contributed by atoms with E-state index in [1.807, 2.05) is 72.2 Å². The first-order valence-corrected chi connectivity index (χ1v) is 9.95. The molecule has 0 saturated heterocycles. The third-order valence-corrected chi connectivity index (χ3v) is 5.44. The molecule has 146 valence electrons. The highest BCUT2D eigenvalue weighted by Gasteiger charge is 2.15. The monoisotopic (exact) mass is 404 g/mol. The summed E-state index contributed by atoms with van der Waals surface area (Å²) in [5, 5.41) is 4.98. The number of hydrogen-bond donors (Lipinski definition) is 1. The molecule has 1 amide bonds. The number of nitrogens with zero attached hydrogens (tertiary/aromatic N) is 1. The Hall–Kier alpha value is -3.11. The minimum atomic E-state index is -0.108. The number of para-hydroxylation sites is 2. The SMILES string of the molecule is CC(Cc1ccccc1Cl)NC(=O)Cn1c2ccccc2c(=O)c2ccccc21. The lowest BCUT2D eigenvalue weighted by molar-refractivity contribution is -0.122. The minimum Gasteiger partial charge on any atom is -0.352 e. The van der Waals surface area contributed by atoms with Crippen molar-refractivity contribution < 1.29 is 4.79 Å².